The lowest BCUT2D eigenvalue weighted by atomic mass is 9.85. The maximum absolute atomic E-state index is 9.28. The third kappa shape index (κ3) is 4.49. The Morgan fingerprint density at radius 1 is 1.40 bits per heavy atom. The normalized spacial score (nSPS) is 29.0. The fourth-order valence-electron chi connectivity index (χ4n) is 2.35. The fourth-order valence-corrected chi connectivity index (χ4v) is 2.35. The minimum atomic E-state index is 0.318. The number of ether oxygens (including phenoxy) is 1. The van der Waals surface area contributed by atoms with E-state index in [2.05, 4.69) is 12.2 Å². The highest BCUT2D eigenvalue weighted by Crippen LogP contribution is 2.24. The molecule has 0 saturated heterocycles. The third-order valence-corrected chi connectivity index (χ3v) is 3.21. The van der Waals surface area contributed by atoms with Crippen molar-refractivity contribution in [3.63, 3.8) is 0 Å². The van der Waals surface area contributed by atoms with Crippen molar-refractivity contribution in [3.05, 3.63) is 0 Å². The van der Waals surface area contributed by atoms with Crippen molar-refractivity contribution >= 4 is 0 Å². The number of aliphatic hydroxyl groups excluding tert-OH is 1. The number of hydrogen-bond donors (Lipinski definition) is 2. The van der Waals surface area contributed by atoms with E-state index in [1.807, 2.05) is 6.92 Å². The SMILES string of the molecule is CCOCC(C)NC1CCCCC1CO. The van der Waals surface area contributed by atoms with Gasteiger partial charge in [-0.05, 0) is 32.6 Å². The molecule has 3 nitrogen and oxygen atoms in total. The van der Waals surface area contributed by atoms with Gasteiger partial charge in [-0.25, -0.2) is 0 Å². The Morgan fingerprint density at radius 2 is 2.13 bits per heavy atom. The lowest BCUT2D eigenvalue weighted by molar-refractivity contribution is 0.102. The van der Waals surface area contributed by atoms with E-state index in [4.69, 9.17) is 4.74 Å². The third-order valence-electron chi connectivity index (χ3n) is 3.21. The number of rotatable bonds is 6. The van der Waals surface area contributed by atoms with Crippen molar-refractivity contribution in [2.24, 2.45) is 5.92 Å². The van der Waals surface area contributed by atoms with Crippen LogP contribution in [0.4, 0.5) is 0 Å². The molecule has 0 heterocycles. The van der Waals surface area contributed by atoms with Crippen molar-refractivity contribution in [2.45, 2.75) is 51.6 Å². The first-order valence-corrected chi connectivity index (χ1v) is 6.22. The van der Waals surface area contributed by atoms with E-state index in [9.17, 15) is 5.11 Å². The Balaban J connectivity index is 2.27. The Hall–Kier alpha value is -0.120. The molecule has 0 bridgehead atoms. The molecule has 3 atom stereocenters. The van der Waals surface area contributed by atoms with Gasteiger partial charge in [-0.15, -0.1) is 0 Å². The van der Waals surface area contributed by atoms with Gasteiger partial charge in [0, 0.05) is 25.3 Å². The lowest BCUT2D eigenvalue weighted by Crippen LogP contribution is -2.46. The monoisotopic (exact) mass is 215 g/mol. The minimum Gasteiger partial charge on any atom is -0.396 e. The number of nitrogens with one attached hydrogen (secondary N) is 1. The second-order valence-corrected chi connectivity index (χ2v) is 4.56. The quantitative estimate of drug-likeness (QED) is 0.706. The van der Waals surface area contributed by atoms with Gasteiger partial charge >= 0.3 is 0 Å². The van der Waals surface area contributed by atoms with Gasteiger partial charge in [-0.3, -0.25) is 0 Å². The van der Waals surface area contributed by atoms with Gasteiger partial charge in [-0.2, -0.15) is 0 Å². The van der Waals surface area contributed by atoms with Crippen molar-refractivity contribution in [3.8, 4) is 0 Å². The van der Waals surface area contributed by atoms with Gasteiger partial charge in [0.15, 0.2) is 0 Å². The second kappa shape index (κ2) is 7.20. The molecule has 0 amide bonds. The molecule has 1 fully saturated rings. The average Bonchev–Trinajstić information content (AvgIpc) is 2.27. The molecule has 1 aliphatic carbocycles. The highest BCUT2D eigenvalue weighted by Gasteiger charge is 2.25. The van der Waals surface area contributed by atoms with Gasteiger partial charge in [0.1, 0.15) is 0 Å². The van der Waals surface area contributed by atoms with Gasteiger partial charge in [-0.1, -0.05) is 12.8 Å². The molecular formula is C12H25NO2. The highest BCUT2D eigenvalue weighted by molar-refractivity contribution is 4.82. The van der Waals surface area contributed by atoms with Crippen molar-refractivity contribution in [1.29, 1.82) is 0 Å². The molecule has 0 aliphatic heterocycles. The first-order valence-electron chi connectivity index (χ1n) is 6.22. The van der Waals surface area contributed by atoms with E-state index < -0.39 is 0 Å². The van der Waals surface area contributed by atoms with Gasteiger partial charge in [0.25, 0.3) is 0 Å². The number of aliphatic hydroxyl groups is 1. The van der Waals surface area contributed by atoms with Crippen molar-refractivity contribution < 1.29 is 9.84 Å². The molecule has 1 aliphatic rings. The molecule has 0 radical (unpaired) electrons. The Labute approximate surface area is 93.2 Å². The summed E-state index contributed by atoms with van der Waals surface area (Å²) >= 11 is 0. The zero-order valence-electron chi connectivity index (χ0n) is 10.0. The molecule has 1 saturated carbocycles. The molecule has 1 rings (SSSR count). The molecule has 15 heavy (non-hydrogen) atoms. The van der Waals surface area contributed by atoms with E-state index in [-0.39, 0.29) is 0 Å². The molecule has 0 aromatic rings. The van der Waals surface area contributed by atoms with E-state index in [1.165, 1.54) is 19.3 Å². The zero-order chi connectivity index (χ0) is 11.1. The highest BCUT2D eigenvalue weighted by atomic mass is 16.5. The van der Waals surface area contributed by atoms with Crippen LogP contribution in [-0.2, 0) is 4.74 Å². The first kappa shape index (κ1) is 12.9. The summed E-state index contributed by atoms with van der Waals surface area (Å²) in [6.07, 6.45) is 4.91. The van der Waals surface area contributed by atoms with Crippen LogP contribution in [0.25, 0.3) is 0 Å². The van der Waals surface area contributed by atoms with E-state index in [1.54, 1.807) is 0 Å². The maximum Gasteiger partial charge on any atom is 0.0616 e. The number of hydrogen-bond acceptors (Lipinski definition) is 3. The van der Waals surface area contributed by atoms with Gasteiger partial charge in [0.05, 0.1) is 6.61 Å². The lowest BCUT2D eigenvalue weighted by Gasteiger charge is -2.33. The van der Waals surface area contributed by atoms with Crippen LogP contribution in [0.3, 0.4) is 0 Å². The average molecular weight is 215 g/mol. The summed E-state index contributed by atoms with van der Waals surface area (Å²) in [7, 11) is 0. The maximum atomic E-state index is 9.28. The van der Waals surface area contributed by atoms with Crippen LogP contribution < -0.4 is 5.32 Å². The largest absolute Gasteiger partial charge is 0.396 e. The Kier molecular flexibility index (Phi) is 6.22. The summed E-state index contributed by atoms with van der Waals surface area (Å²) in [5.41, 5.74) is 0. The van der Waals surface area contributed by atoms with E-state index in [0.29, 0.717) is 24.6 Å². The fraction of sp³-hybridized carbons (Fsp3) is 1.00. The van der Waals surface area contributed by atoms with E-state index in [0.717, 1.165) is 19.6 Å². The van der Waals surface area contributed by atoms with Crippen molar-refractivity contribution in [1.82, 2.24) is 5.32 Å². The summed E-state index contributed by atoms with van der Waals surface area (Å²) < 4.78 is 5.38. The molecule has 3 heteroatoms. The molecule has 0 spiro atoms. The summed E-state index contributed by atoms with van der Waals surface area (Å²) in [6.45, 7) is 6.03. The van der Waals surface area contributed by atoms with Crippen LogP contribution in [-0.4, -0.2) is 37.0 Å². The molecule has 0 aromatic carbocycles. The van der Waals surface area contributed by atoms with Crippen LogP contribution in [0, 0.1) is 5.92 Å². The Bertz CT molecular complexity index is 164. The van der Waals surface area contributed by atoms with Crippen molar-refractivity contribution in [2.75, 3.05) is 19.8 Å². The minimum absolute atomic E-state index is 0.318. The Morgan fingerprint density at radius 3 is 2.80 bits per heavy atom. The van der Waals surface area contributed by atoms with Crippen LogP contribution >= 0.6 is 0 Å². The summed E-state index contributed by atoms with van der Waals surface area (Å²) in [5.74, 6) is 0.447. The predicted molar refractivity (Wildman–Crippen MR) is 61.9 cm³/mol. The second-order valence-electron chi connectivity index (χ2n) is 4.56. The summed E-state index contributed by atoms with van der Waals surface area (Å²) in [4.78, 5) is 0. The first-order chi connectivity index (χ1) is 7.27. The molecule has 3 unspecified atom stereocenters. The van der Waals surface area contributed by atoms with Crippen LogP contribution in [0.2, 0.25) is 0 Å². The smallest absolute Gasteiger partial charge is 0.0616 e. The standard InChI is InChI=1S/C12H25NO2/c1-3-15-9-10(2)13-12-7-5-4-6-11(12)8-14/h10-14H,3-9H2,1-2H3. The molecule has 0 aromatic heterocycles. The molecule has 90 valence electrons. The predicted octanol–water partition coefficient (Wildman–Crippen LogP) is 1.55. The topological polar surface area (TPSA) is 41.5 Å². The van der Waals surface area contributed by atoms with Crippen LogP contribution in [0.1, 0.15) is 39.5 Å². The zero-order valence-corrected chi connectivity index (χ0v) is 10.0. The van der Waals surface area contributed by atoms with Crippen LogP contribution in [0.15, 0.2) is 0 Å². The van der Waals surface area contributed by atoms with Gasteiger partial charge < -0.3 is 15.2 Å². The van der Waals surface area contributed by atoms with Crippen LogP contribution in [0.5, 0.6) is 0 Å². The summed E-state index contributed by atoms with van der Waals surface area (Å²) in [5, 5.41) is 12.8. The van der Waals surface area contributed by atoms with Gasteiger partial charge in [0.2, 0.25) is 0 Å². The summed E-state index contributed by atoms with van der Waals surface area (Å²) in [6, 6.07) is 0.876. The van der Waals surface area contributed by atoms with E-state index >= 15 is 0 Å². The molecular weight excluding hydrogens is 190 g/mol. The molecule has 2 N–H and O–H groups in total.